The van der Waals surface area contributed by atoms with Crippen molar-refractivity contribution in [1.82, 2.24) is 9.62 Å². The van der Waals surface area contributed by atoms with Crippen molar-refractivity contribution in [3.05, 3.63) is 30.3 Å². The van der Waals surface area contributed by atoms with Crippen LogP contribution in [0.2, 0.25) is 0 Å². The van der Waals surface area contributed by atoms with Gasteiger partial charge in [-0.25, -0.2) is 13.1 Å². The number of sulfonamides is 1. The first kappa shape index (κ1) is 15.3. The molecule has 0 amide bonds. The summed E-state index contributed by atoms with van der Waals surface area (Å²) in [6.07, 6.45) is 2.06. The number of nitrogens with one attached hydrogen (secondary N) is 1. The van der Waals surface area contributed by atoms with E-state index in [1.165, 1.54) is 11.9 Å². The van der Waals surface area contributed by atoms with E-state index in [9.17, 15) is 8.42 Å². The summed E-state index contributed by atoms with van der Waals surface area (Å²) in [4.78, 5) is 4.79. The molecule has 1 saturated heterocycles. The number of piperazine rings is 1. The Bertz CT molecular complexity index is 496. The van der Waals surface area contributed by atoms with Gasteiger partial charge in [0.1, 0.15) is 0 Å². The molecule has 0 aliphatic carbocycles. The lowest BCUT2D eigenvalue weighted by Gasteiger charge is -2.36. The minimum absolute atomic E-state index is 0.526. The van der Waals surface area contributed by atoms with Crippen molar-refractivity contribution in [2.24, 2.45) is 0 Å². The highest BCUT2D eigenvalue weighted by atomic mass is 32.2. The first-order valence-corrected chi connectivity index (χ1v) is 8.91. The molecule has 0 unspecified atom stereocenters. The highest BCUT2D eigenvalue weighted by Crippen LogP contribution is 2.15. The molecule has 0 bridgehead atoms. The van der Waals surface area contributed by atoms with E-state index in [2.05, 4.69) is 38.8 Å². The van der Waals surface area contributed by atoms with Gasteiger partial charge in [0.25, 0.3) is 0 Å². The molecule has 0 radical (unpaired) electrons. The van der Waals surface area contributed by atoms with Crippen molar-refractivity contribution >= 4 is 15.7 Å². The summed E-state index contributed by atoms with van der Waals surface area (Å²) in [5.74, 6) is 0. The van der Waals surface area contributed by atoms with E-state index in [0.29, 0.717) is 6.54 Å². The van der Waals surface area contributed by atoms with Gasteiger partial charge in [0.15, 0.2) is 0 Å². The zero-order chi connectivity index (χ0) is 14.4. The quantitative estimate of drug-likeness (QED) is 0.787. The molecule has 5 nitrogen and oxygen atoms in total. The van der Waals surface area contributed by atoms with Gasteiger partial charge in [-0.15, -0.1) is 0 Å². The van der Waals surface area contributed by atoms with Gasteiger partial charge in [-0.3, -0.25) is 4.90 Å². The molecular formula is C14H23N3O2S. The Balaban J connectivity index is 1.67. The molecule has 1 aromatic carbocycles. The molecule has 6 heteroatoms. The van der Waals surface area contributed by atoms with E-state index in [1.807, 2.05) is 6.07 Å². The SMILES string of the molecule is CS(=O)(=O)NCCCN1CCN(c2ccccc2)CC1. The van der Waals surface area contributed by atoms with Crippen LogP contribution in [0.3, 0.4) is 0 Å². The summed E-state index contributed by atoms with van der Waals surface area (Å²) < 4.78 is 24.4. The molecule has 1 aliphatic heterocycles. The first-order valence-electron chi connectivity index (χ1n) is 7.01. The minimum Gasteiger partial charge on any atom is -0.369 e. The molecule has 0 atom stereocenters. The highest BCUT2D eigenvalue weighted by molar-refractivity contribution is 7.88. The fourth-order valence-electron chi connectivity index (χ4n) is 2.43. The predicted octanol–water partition coefficient (Wildman–Crippen LogP) is 0.748. The van der Waals surface area contributed by atoms with E-state index in [0.717, 1.165) is 39.1 Å². The summed E-state index contributed by atoms with van der Waals surface area (Å²) in [6.45, 7) is 5.61. The van der Waals surface area contributed by atoms with E-state index in [4.69, 9.17) is 0 Å². The number of hydrogen-bond donors (Lipinski definition) is 1. The molecule has 1 aromatic rings. The normalized spacial score (nSPS) is 17.4. The van der Waals surface area contributed by atoms with E-state index < -0.39 is 10.0 Å². The van der Waals surface area contributed by atoms with Crippen LogP contribution in [-0.4, -0.2) is 58.8 Å². The zero-order valence-corrected chi connectivity index (χ0v) is 12.8. The number of rotatable bonds is 6. The fourth-order valence-corrected chi connectivity index (χ4v) is 2.94. The third-order valence-electron chi connectivity index (χ3n) is 3.51. The Kier molecular flexibility index (Phi) is 5.39. The van der Waals surface area contributed by atoms with Gasteiger partial charge in [-0.1, -0.05) is 18.2 Å². The molecule has 0 saturated carbocycles. The number of benzene rings is 1. The Labute approximate surface area is 121 Å². The summed E-state index contributed by atoms with van der Waals surface area (Å²) in [5, 5.41) is 0. The largest absolute Gasteiger partial charge is 0.369 e. The molecule has 2 rings (SSSR count). The van der Waals surface area contributed by atoms with Crippen LogP contribution in [0.5, 0.6) is 0 Å². The van der Waals surface area contributed by atoms with Crippen molar-refractivity contribution in [3.63, 3.8) is 0 Å². The number of para-hydroxylation sites is 1. The molecular weight excluding hydrogens is 274 g/mol. The second kappa shape index (κ2) is 7.06. The average Bonchev–Trinajstić information content (AvgIpc) is 2.44. The van der Waals surface area contributed by atoms with Gasteiger partial charge in [0, 0.05) is 38.4 Å². The average molecular weight is 297 g/mol. The Hall–Kier alpha value is -1.11. The summed E-state index contributed by atoms with van der Waals surface area (Å²) in [5.41, 5.74) is 1.28. The predicted molar refractivity (Wildman–Crippen MR) is 82.6 cm³/mol. The summed E-state index contributed by atoms with van der Waals surface area (Å²) >= 11 is 0. The number of nitrogens with zero attached hydrogens (tertiary/aromatic N) is 2. The fraction of sp³-hybridized carbons (Fsp3) is 0.571. The maximum Gasteiger partial charge on any atom is 0.208 e. The minimum atomic E-state index is -3.05. The molecule has 1 fully saturated rings. The lowest BCUT2D eigenvalue weighted by atomic mass is 10.2. The van der Waals surface area contributed by atoms with Crippen molar-refractivity contribution < 1.29 is 8.42 Å². The van der Waals surface area contributed by atoms with Crippen LogP contribution in [0.15, 0.2) is 30.3 Å². The van der Waals surface area contributed by atoms with Gasteiger partial charge in [0.05, 0.1) is 6.26 Å². The van der Waals surface area contributed by atoms with Crippen molar-refractivity contribution in [1.29, 1.82) is 0 Å². The van der Waals surface area contributed by atoms with E-state index in [-0.39, 0.29) is 0 Å². The number of hydrogen-bond acceptors (Lipinski definition) is 4. The highest BCUT2D eigenvalue weighted by Gasteiger charge is 2.16. The maximum absolute atomic E-state index is 11.0. The number of anilines is 1. The van der Waals surface area contributed by atoms with Crippen LogP contribution >= 0.6 is 0 Å². The van der Waals surface area contributed by atoms with Gasteiger partial charge >= 0.3 is 0 Å². The maximum atomic E-state index is 11.0. The van der Waals surface area contributed by atoms with Crippen molar-refractivity contribution in [2.75, 3.05) is 50.4 Å². The lowest BCUT2D eigenvalue weighted by Crippen LogP contribution is -2.47. The van der Waals surface area contributed by atoms with Crippen LogP contribution in [0.1, 0.15) is 6.42 Å². The van der Waals surface area contributed by atoms with Crippen LogP contribution in [-0.2, 0) is 10.0 Å². The van der Waals surface area contributed by atoms with E-state index >= 15 is 0 Å². The summed E-state index contributed by atoms with van der Waals surface area (Å²) in [6, 6.07) is 10.5. The monoisotopic (exact) mass is 297 g/mol. The van der Waals surface area contributed by atoms with Gasteiger partial charge in [-0.05, 0) is 25.1 Å². The van der Waals surface area contributed by atoms with Crippen molar-refractivity contribution in [3.8, 4) is 0 Å². The third-order valence-corrected chi connectivity index (χ3v) is 4.24. The molecule has 1 N–H and O–H groups in total. The van der Waals surface area contributed by atoms with Crippen LogP contribution in [0.25, 0.3) is 0 Å². The second-order valence-corrected chi connectivity index (χ2v) is 7.02. The topological polar surface area (TPSA) is 52.7 Å². The summed E-state index contributed by atoms with van der Waals surface area (Å²) in [7, 11) is -3.05. The van der Waals surface area contributed by atoms with Crippen LogP contribution in [0, 0.1) is 0 Å². The molecule has 20 heavy (non-hydrogen) atoms. The van der Waals surface area contributed by atoms with E-state index in [1.54, 1.807) is 0 Å². The third kappa shape index (κ3) is 5.11. The molecule has 0 spiro atoms. The molecule has 0 aromatic heterocycles. The smallest absolute Gasteiger partial charge is 0.208 e. The Morgan fingerprint density at radius 1 is 1.10 bits per heavy atom. The van der Waals surface area contributed by atoms with Crippen LogP contribution < -0.4 is 9.62 Å². The molecule has 112 valence electrons. The Morgan fingerprint density at radius 2 is 1.75 bits per heavy atom. The standard InChI is InChI=1S/C14H23N3O2S/c1-20(18,19)15-8-5-9-16-10-12-17(13-11-16)14-6-3-2-4-7-14/h2-4,6-7,15H,5,8-13H2,1H3. The molecule has 1 heterocycles. The molecule has 1 aliphatic rings. The van der Waals surface area contributed by atoms with Crippen molar-refractivity contribution in [2.45, 2.75) is 6.42 Å². The van der Waals surface area contributed by atoms with Gasteiger partial charge in [-0.2, -0.15) is 0 Å². The van der Waals surface area contributed by atoms with Crippen LogP contribution in [0.4, 0.5) is 5.69 Å². The lowest BCUT2D eigenvalue weighted by molar-refractivity contribution is 0.255. The van der Waals surface area contributed by atoms with Gasteiger partial charge < -0.3 is 4.90 Å². The first-order chi connectivity index (χ1) is 9.54. The van der Waals surface area contributed by atoms with Gasteiger partial charge in [0.2, 0.25) is 10.0 Å². The zero-order valence-electron chi connectivity index (χ0n) is 12.0. The Morgan fingerprint density at radius 3 is 2.35 bits per heavy atom. The second-order valence-electron chi connectivity index (χ2n) is 5.18.